The number of aliphatic hydroxyl groups excluding tert-OH is 1. The van der Waals surface area contributed by atoms with Gasteiger partial charge in [0.05, 0.1) is 6.61 Å². The van der Waals surface area contributed by atoms with Crippen molar-refractivity contribution in [2.45, 2.75) is 6.04 Å². The van der Waals surface area contributed by atoms with E-state index in [1.54, 1.807) is 18.2 Å². The Hall–Kier alpha value is -1.79. The number of aliphatic hydroxyl groups is 1. The quantitative estimate of drug-likeness (QED) is 0.653. The van der Waals surface area contributed by atoms with Gasteiger partial charge in [-0.1, -0.05) is 0 Å². The lowest BCUT2D eigenvalue weighted by Gasteiger charge is -2.09. The Labute approximate surface area is 92.0 Å². The molecule has 1 aromatic rings. The van der Waals surface area contributed by atoms with E-state index in [0.717, 1.165) is 0 Å². The largest absolute Gasteiger partial charge is 0.454 e. The van der Waals surface area contributed by atoms with Gasteiger partial charge < -0.3 is 25.6 Å². The zero-order chi connectivity index (χ0) is 11.5. The molecular formula is C10H12N2O4. The first-order valence-electron chi connectivity index (χ1n) is 4.77. The lowest BCUT2D eigenvalue weighted by Crippen LogP contribution is -2.38. The highest BCUT2D eigenvalue weighted by molar-refractivity contribution is 5.95. The number of rotatable bonds is 3. The topological polar surface area (TPSA) is 93.8 Å². The number of anilines is 1. The number of carbonyl (C=O) groups excluding carboxylic acids is 1. The number of hydrogen-bond donors (Lipinski definition) is 3. The van der Waals surface area contributed by atoms with E-state index < -0.39 is 18.6 Å². The van der Waals surface area contributed by atoms with E-state index in [1.807, 2.05) is 0 Å². The van der Waals surface area contributed by atoms with E-state index in [4.69, 9.17) is 20.3 Å². The maximum Gasteiger partial charge on any atom is 0.243 e. The van der Waals surface area contributed by atoms with E-state index >= 15 is 0 Å². The number of benzene rings is 1. The first-order chi connectivity index (χ1) is 7.70. The van der Waals surface area contributed by atoms with E-state index in [0.29, 0.717) is 17.2 Å². The van der Waals surface area contributed by atoms with Crippen LogP contribution in [0.2, 0.25) is 0 Å². The number of amides is 1. The molecule has 0 saturated carbocycles. The molecule has 0 spiro atoms. The smallest absolute Gasteiger partial charge is 0.243 e. The van der Waals surface area contributed by atoms with Crippen molar-refractivity contribution in [2.75, 3.05) is 18.7 Å². The summed E-state index contributed by atoms with van der Waals surface area (Å²) in [5, 5.41) is 11.3. The van der Waals surface area contributed by atoms with Gasteiger partial charge in [0.2, 0.25) is 12.7 Å². The summed E-state index contributed by atoms with van der Waals surface area (Å²) in [6.07, 6.45) is 0. The van der Waals surface area contributed by atoms with E-state index in [1.165, 1.54) is 0 Å². The van der Waals surface area contributed by atoms with Crippen LogP contribution in [0.3, 0.4) is 0 Å². The molecule has 6 heteroatoms. The Morgan fingerprint density at radius 3 is 3.00 bits per heavy atom. The van der Waals surface area contributed by atoms with Crippen LogP contribution < -0.4 is 20.5 Å². The second-order valence-electron chi connectivity index (χ2n) is 3.35. The second kappa shape index (κ2) is 4.38. The average molecular weight is 224 g/mol. The van der Waals surface area contributed by atoms with Crippen LogP contribution in [0.5, 0.6) is 11.5 Å². The van der Waals surface area contributed by atoms with Crippen molar-refractivity contribution >= 4 is 11.6 Å². The van der Waals surface area contributed by atoms with Crippen LogP contribution in [0.15, 0.2) is 18.2 Å². The van der Waals surface area contributed by atoms with Gasteiger partial charge in [0, 0.05) is 11.8 Å². The highest BCUT2D eigenvalue weighted by atomic mass is 16.7. The molecule has 1 aliphatic heterocycles. The van der Waals surface area contributed by atoms with Gasteiger partial charge >= 0.3 is 0 Å². The third kappa shape index (κ3) is 2.07. The Balaban J connectivity index is 2.08. The maximum absolute atomic E-state index is 11.4. The van der Waals surface area contributed by atoms with Crippen molar-refractivity contribution in [1.29, 1.82) is 0 Å². The van der Waals surface area contributed by atoms with E-state index in [2.05, 4.69) is 5.32 Å². The van der Waals surface area contributed by atoms with Crippen LogP contribution in [0.25, 0.3) is 0 Å². The monoisotopic (exact) mass is 224 g/mol. The van der Waals surface area contributed by atoms with Crippen molar-refractivity contribution in [2.24, 2.45) is 5.73 Å². The van der Waals surface area contributed by atoms with Crippen molar-refractivity contribution in [1.82, 2.24) is 0 Å². The summed E-state index contributed by atoms with van der Waals surface area (Å²) in [6, 6.07) is 4.09. The summed E-state index contributed by atoms with van der Waals surface area (Å²) in [4.78, 5) is 11.4. The third-order valence-electron chi connectivity index (χ3n) is 2.17. The van der Waals surface area contributed by atoms with Gasteiger partial charge in [0.25, 0.3) is 0 Å². The molecule has 0 radical (unpaired) electrons. The van der Waals surface area contributed by atoms with Gasteiger partial charge in [-0.2, -0.15) is 0 Å². The number of nitrogens with one attached hydrogen (secondary N) is 1. The molecule has 0 fully saturated rings. The van der Waals surface area contributed by atoms with Crippen LogP contribution in [0.1, 0.15) is 0 Å². The predicted octanol–water partition coefficient (Wildman–Crippen LogP) is -0.327. The predicted molar refractivity (Wildman–Crippen MR) is 56.3 cm³/mol. The Morgan fingerprint density at radius 2 is 2.25 bits per heavy atom. The molecule has 1 aliphatic rings. The first-order valence-corrected chi connectivity index (χ1v) is 4.77. The van der Waals surface area contributed by atoms with E-state index in [-0.39, 0.29) is 6.79 Å². The van der Waals surface area contributed by atoms with Crippen molar-refractivity contribution in [3.05, 3.63) is 18.2 Å². The third-order valence-corrected chi connectivity index (χ3v) is 2.17. The average Bonchev–Trinajstić information content (AvgIpc) is 2.75. The summed E-state index contributed by atoms with van der Waals surface area (Å²) < 4.78 is 10.3. The summed E-state index contributed by atoms with van der Waals surface area (Å²) >= 11 is 0. The number of ether oxygens (including phenoxy) is 2. The molecule has 2 rings (SSSR count). The zero-order valence-corrected chi connectivity index (χ0v) is 8.47. The maximum atomic E-state index is 11.4. The van der Waals surface area contributed by atoms with Crippen LogP contribution >= 0.6 is 0 Å². The molecule has 0 saturated heterocycles. The van der Waals surface area contributed by atoms with Gasteiger partial charge in [-0.3, -0.25) is 4.79 Å². The van der Waals surface area contributed by atoms with Gasteiger partial charge in [-0.25, -0.2) is 0 Å². The number of nitrogens with two attached hydrogens (primary N) is 1. The number of hydrogen-bond acceptors (Lipinski definition) is 5. The highest BCUT2D eigenvalue weighted by Crippen LogP contribution is 2.34. The van der Waals surface area contributed by atoms with Crippen LogP contribution in [0, 0.1) is 0 Å². The fourth-order valence-electron chi connectivity index (χ4n) is 1.29. The Kier molecular flexibility index (Phi) is 2.93. The molecular weight excluding hydrogens is 212 g/mol. The normalized spacial score (nSPS) is 14.6. The summed E-state index contributed by atoms with van der Waals surface area (Å²) in [5.74, 6) is 0.779. The molecule has 16 heavy (non-hydrogen) atoms. The molecule has 86 valence electrons. The number of carbonyl (C=O) groups is 1. The minimum Gasteiger partial charge on any atom is -0.454 e. The molecule has 0 aromatic heterocycles. The molecule has 1 aromatic carbocycles. The van der Waals surface area contributed by atoms with Gasteiger partial charge in [-0.15, -0.1) is 0 Å². The molecule has 4 N–H and O–H groups in total. The second-order valence-corrected chi connectivity index (χ2v) is 3.35. The molecule has 1 unspecified atom stereocenters. The Bertz CT molecular complexity index is 408. The Morgan fingerprint density at radius 1 is 1.50 bits per heavy atom. The van der Waals surface area contributed by atoms with Crippen molar-refractivity contribution < 1.29 is 19.4 Å². The minimum absolute atomic E-state index is 0.183. The lowest BCUT2D eigenvalue weighted by molar-refractivity contribution is -0.118. The van der Waals surface area contributed by atoms with Crippen LogP contribution in [0.4, 0.5) is 5.69 Å². The SMILES string of the molecule is NC(CO)C(=O)Nc1ccc2c(c1)OCO2. The molecule has 6 nitrogen and oxygen atoms in total. The van der Waals surface area contributed by atoms with Crippen LogP contribution in [-0.4, -0.2) is 30.5 Å². The fourth-order valence-corrected chi connectivity index (χ4v) is 1.29. The van der Waals surface area contributed by atoms with Crippen molar-refractivity contribution in [3.63, 3.8) is 0 Å². The molecule has 0 bridgehead atoms. The zero-order valence-electron chi connectivity index (χ0n) is 8.47. The summed E-state index contributed by atoms with van der Waals surface area (Å²) in [7, 11) is 0. The minimum atomic E-state index is -0.926. The molecule has 0 aliphatic carbocycles. The summed E-state index contributed by atoms with van der Waals surface area (Å²) in [5.41, 5.74) is 5.91. The summed E-state index contributed by atoms with van der Waals surface area (Å²) in [6.45, 7) is -0.209. The molecule has 1 heterocycles. The highest BCUT2D eigenvalue weighted by Gasteiger charge is 2.16. The number of fused-ring (bicyclic) bond motifs is 1. The van der Waals surface area contributed by atoms with Crippen LogP contribution in [-0.2, 0) is 4.79 Å². The van der Waals surface area contributed by atoms with Gasteiger partial charge in [-0.05, 0) is 12.1 Å². The van der Waals surface area contributed by atoms with E-state index in [9.17, 15) is 4.79 Å². The standard InChI is InChI=1S/C10H12N2O4/c11-7(4-13)10(14)12-6-1-2-8-9(3-6)16-5-15-8/h1-3,7,13H,4-5,11H2,(H,12,14). The molecule has 1 atom stereocenters. The fraction of sp³-hybridized carbons (Fsp3) is 0.300. The molecule has 1 amide bonds. The van der Waals surface area contributed by atoms with Crippen molar-refractivity contribution in [3.8, 4) is 11.5 Å². The van der Waals surface area contributed by atoms with Gasteiger partial charge in [0.1, 0.15) is 6.04 Å². The first kappa shape index (κ1) is 10.7. The van der Waals surface area contributed by atoms with Gasteiger partial charge in [0.15, 0.2) is 11.5 Å². The lowest BCUT2D eigenvalue weighted by atomic mass is 10.2.